The summed E-state index contributed by atoms with van der Waals surface area (Å²) in [5.74, 6) is -0.163. The van der Waals surface area contributed by atoms with E-state index in [-0.39, 0.29) is 24.3 Å². The van der Waals surface area contributed by atoms with Gasteiger partial charge in [-0.25, -0.2) is 9.69 Å². The van der Waals surface area contributed by atoms with Crippen molar-refractivity contribution in [1.82, 2.24) is 10.2 Å². The highest BCUT2D eigenvalue weighted by Gasteiger charge is 2.39. The van der Waals surface area contributed by atoms with Gasteiger partial charge in [0.05, 0.1) is 5.69 Å². The zero-order chi connectivity index (χ0) is 14.1. The van der Waals surface area contributed by atoms with Crippen molar-refractivity contribution in [2.45, 2.75) is 18.9 Å². The first-order valence-corrected chi connectivity index (χ1v) is 7.57. The van der Waals surface area contributed by atoms with Crippen LogP contribution in [0.25, 0.3) is 0 Å². The average Bonchev–Trinajstić information content (AvgIpc) is 3.02. The lowest BCUT2D eigenvalue weighted by Gasteiger charge is -2.18. The molecule has 21 heavy (non-hydrogen) atoms. The number of imide groups is 1. The third kappa shape index (κ3) is 3.39. The molecule has 0 aliphatic carbocycles. The van der Waals surface area contributed by atoms with Crippen LogP contribution in [0.1, 0.15) is 12.8 Å². The van der Waals surface area contributed by atoms with Gasteiger partial charge in [-0.05, 0) is 50.2 Å². The molecule has 0 bridgehead atoms. The number of hydrogen-bond acceptors (Lipinski definition) is 3. The number of likely N-dealkylation sites (tertiary alicyclic amines) is 1. The van der Waals surface area contributed by atoms with Crippen molar-refractivity contribution >= 4 is 46.0 Å². The Labute approximate surface area is 138 Å². The molecule has 1 unspecified atom stereocenters. The van der Waals surface area contributed by atoms with Gasteiger partial charge in [0, 0.05) is 11.0 Å². The molecule has 0 aromatic heterocycles. The van der Waals surface area contributed by atoms with Crippen LogP contribution in [0, 0.1) is 0 Å². The molecule has 2 fully saturated rings. The Hall–Kier alpha value is -1.11. The second kappa shape index (κ2) is 6.77. The van der Waals surface area contributed by atoms with Crippen LogP contribution in [-0.4, -0.2) is 42.5 Å². The third-order valence-electron chi connectivity index (χ3n) is 3.74. The van der Waals surface area contributed by atoms with Gasteiger partial charge in [-0.2, -0.15) is 0 Å². The van der Waals surface area contributed by atoms with Crippen LogP contribution < -0.4 is 10.2 Å². The first-order valence-electron chi connectivity index (χ1n) is 6.77. The Morgan fingerprint density at radius 3 is 2.38 bits per heavy atom. The van der Waals surface area contributed by atoms with Gasteiger partial charge in [-0.3, -0.25) is 4.79 Å². The van der Waals surface area contributed by atoms with E-state index in [4.69, 9.17) is 0 Å². The van der Waals surface area contributed by atoms with Crippen LogP contribution in [0.5, 0.6) is 0 Å². The number of urea groups is 1. The summed E-state index contributed by atoms with van der Waals surface area (Å²) in [5, 5.41) is 2.78. The van der Waals surface area contributed by atoms with Gasteiger partial charge in [0.1, 0.15) is 6.04 Å². The van der Waals surface area contributed by atoms with Crippen LogP contribution in [0.3, 0.4) is 0 Å². The van der Waals surface area contributed by atoms with Crippen molar-refractivity contribution < 1.29 is 9.59 Å². The normalized spacial score (nSPS) is 22.3. The number of anilines is 1. The summed E-state index contributed by atoms with van der Waals surface area (Å²) in [6.07, 6.45) is 2.34. The molecule has 1 N–H and O–H groups in total. The van der Waals surface area contributed by atoms with Crippen LogP contribution in [-0.2, 0) is 4.79 Å². The van der Waals surface area contributed by atoms with Gasteiger partial charge in [0.25, 0.3) is 5.91 Å². The molecule has 1 aromatic carbocycles. The van der Waals surface area contributed by atoms with Gasteiger partial charge in [-0.15, -0.1) is 12.4 Å². The number of halogens is 2. The highest BCUT2D eigenvalue weighted by molar-refractivity contribution is 9.10. The molecule has 0 spiro atoms. The molecule has 1 aromatic rings. The molecule has 2 saturated heterocycles. The topological polar surface area (TPSA) is 52.7 Å². The summed E-state index contributed by atoms with van der Waals surface area (Å²) in [5.41, 5.74) is 0.611. The highest BCUT2D eigenvalue weighted by atomic mass is 79.9. The quantitative estimate of drug-likeness (QED) is 0.827. The number of nitrogens with one attached hydrogen (secondary N) is 1. The molecule has 0 radical (unpaired) electrons. The molecule has 2 heterocycles. The van der Waals surface area contributed by atoms with Gasteiger partial charge >= 0.3 is 6.03 Å². The van der Waals surface area contributed by atoms with E-state index < -0.39 is 6.04 Å². The van der Waals surface area contributed by atoms with E-state index in [0.717, 1.165) is 17.6 Å². The zero-order valence-corrected chi connectivity index (χ0v) is 13.8. The SMILES string of the molecule is Cl.O=C1NC(CN2CCCC2)C(=O)N1c1ccc(Br)cc1. The highest BCUT2D eigenvalue weighted by Crippen LogP contribution is 2.22. The number of hydrogen-bond donors (Lipinski definition) is 1. The summed E-state index contributed by atoms with van der Waals surface area (Å²) in [4.78, 5) is 27.9. The van der Waals surface area contributed by atoms with Gasteiger partial charge in [-0.1, -0.05) is 15.9 Å². The third-order valence-corrected chi connectivity index (χ3v) is 4.27. The number of amides is 3. The van der Waals surface area contributed by atoms with Crippen molar-refractivity contribution in [3.05, 3.63) is 28.7 Å². The van der Waals surface area contributed by atoms with Crippen molar-refractivity contribution in [1.29, 1.82) is 0 Å². The summed E-state index contributed by atoms with van der Waals surface area (Å²) >= 11 is 3.34. The lowest BCUT2D eigenvalue weighted by atomic mass is 10.2. The lowest BCUT2D eigenvalue weighted by Crippen LogP contribution is -2.41. The second-order valence-electron chi connectivity index (χ2n) is 5.16. The predicted molar refractivity (Wildman–Crippen MR) is 86.9 cm³/mol. The number of carbonyl (C=O) groups is 2. The lowest BCUT2D eigenvalue weighted by molar-refractivity contribution is -0.118. The van der Waals surface area contributed by atoms with Crippen molar-refractivity contribution in [3.63, 3.8) is 0 Å². The van der Waals surface area contributed by atoms with Crippen molar-refractivity contribution in [2.24, 2.45) is 0 Å². The largest absolute Gasteiger partial charge is 0.329 e. The minimum Gasteiger partial charge on any atom is -0.324 e. The maximum atomic E-state index is 12.4. The predicted octanol–water partition coefficient (Wildman–Crippen LogP) is 2.39. The molecule has 0 saturated carbocycles. The Morgan fingerprint density at radius 2 is 1.76 bits per heavy atom. The van der Waals surface area contributed by atoms with Crippen LogP contribution in [0.2, 0.25) is 0 Å². The second-order valence-corrected chi connectivity index (χ2v) is 6.08. The Kier molecular flexibility index (Phi) is 5.24. The molecule has 5 nitrogen and oxygen atoms in total. The minimum atomic E-state index is -0.427. The van der Waals surface area contributed by atoms with Crippen LogP contribution in [0.4, 0.5) is 10.5 Å². The van der Waals surface area contributed by atoms with Crippen molar-refractivity contribution in [2.75, 3.05) is 24.5 Å². The number of rotatable bonds is 3. The number of benzene rings is 1. The van der Waals surface area contributed by atoms with E-state index in [1.807, 2.05) is 12.1 Å². The molecular formula is C14H17BrClN3O2. The van der Waals surface area contributed by atoms with E-state index in [1.54, 1.807) is 12.1 Å². The molecule has 3 rings (SSSR count). The summed E-state index contributed by atoms with van der Waals surface area (Å²) in [7, 11) is 0. The van der Waals surface area contributed by atoms with Crippen LogP contribution in [0.15, 0.2) is 28.7 Å². The van der Waals surface area contributed by atoms with Gasteiger partial charge in [0.2, 0.25) is 0 Å². The van der Waals surface area contributed by atoms with Crippen LogP contribution >= 0.6 is 28.3 Å². The van der Waals surface area contributed by atoms with E-state index in [0.29, 0.717) is 12.2 Å². The molecule has 2 aliphatic heterocycles. The fourth-order valence-corrected chi connectivity index (χ4v) is 2.98. The maximum Gasteiger partial charge on any atom is 0.329 e. The minimum absolute atomic E-state index is 0. The molecule has 3 amide bonds. The monoisotopic (exact) mass is 373 g/mol. The summed E-state index contributed by atoms with van der Waals surface area (Å²) < 4.78 is 0.918. The molecule has 114 valence electrons. The van der Waals surface area contributed by atoms with Gasteiger partial charge in [0.15, 0.2) is 0 Å². The molecule has 1 atom stereocenters. The summed E-state index contributed by atoms with van der Waals surface area (Å²) in [6.45, 7) is 2.63. The van der Waals surface area contributed by atoms with Gasteiger partial charge < -0.3 is 10.2 Å². The maximum absolute atomic E-state index is 12.4. The summed E-state index contributed by atoms with van der Waals surface area (Å²) in [6, 6.07) is 6.42. The molecule has 7 heteroatoms. The zero-order valence-electron chi connectivity index (χ0n) is 11.4. The first-order chi connectivity index (χ1) is 9.65. The number of nitrogens with zero attached hydrogens (tertiary/aromatic N) is 2. The van der Waals surface area contributed by atoms with E-state index in [9.17, 15) is 9.59 Å². The fourth-order valence-electron chi connectivity index (χ4n) is 2.71. The Morgan fingerprint density at radius 1 is 1.14 bits per heavy atom. The smallest absolute Gasteiger partial charge is 0.324 e. The molecular weight excluding hydrogens is 358 g/mol. The Balaban J connectivity index is 0.00000161. The average molecular weight is 375 g/mol. The Bertz CT molecular complexity index is 532. The van der Waals surface area contributed by atoms with Crippen molar-refractivity contribution in [3.8, 4) is 0 Å². The fraction of sp³-hybridized carbons (Fsp3) is 0.429. The van der Waals surface area contributed by atoms with E-state index in [1.165, 1.54) is 17.7 Å². The first kappa shape index (κ1) is 16.3. The molecule has 2 aliphatic rings. The van der Waals surface area contributed by atoms with E-state index in [2.05, 4.69) is 26.1 Å². The number of carbonyl (C=O) groups excluding carboxylic acids is 2. The standard InChI is InChI=1S/C14H16BrN3O2.ClH/c15-10-3-5-11(6-4-10)18-13(19)12(16-14(18)20)9-17-7-1-2-8-17;/h3-6,12H,1-2,7-9H2,(H,16,20);1H. The van der Waals surface area contributed by atoms with E-state index >= 15 is 0 Å².